The Morgan fingerprint density at radius 3 is 2.68 bits per heavy atom. The highest BCUT2D eigenvalue weighted by molar-refractivity contribution is 6.99. The Hall–Kier alpha value is -2.24. The van der Waals surface area contributed by atoms with E-state index in [2.05, 4.69) is 14.1 Å². The molecule has 0 aromatic carbocycles. The Labute approximate surface area is 167 Å². The number of hydrogen-bond acceptors (Lipinski definition) is 10. The van der Waals surface area contributed by atoms with Crippen molar-refractivity contribution in [2.45, 2.75) is 32.4 Å². The highest BCUT2D eigenvalue weighted by Crippen LogP contribution is 2.26. The van der Waals surface area contributed by atoms with Gasteiger partial charge in [-0.15, -0.1) is 4.37 Å². The zero-order valence-corrected chi connectivity index (χ0v) is 17.0. The van der Waals surface area contributed by atoms with Gasteiger partial charge >= 0.3 is 11.9 Å². The molecule has 1 atom stereocenters. The van der Waals surface area contributed by atoms with E-state index in [1.165, 1.54) is 0 Å². The summed E-state index contributed by atoms with van der Waals surface area (Å²) < 4.78 is 24.9. The summed E-state index contributed by atoms with van der Waals surface area (Å²) >= 11 is 1.05. The van der Waals surface area contributed by atoms with E-state index in [1.807, 2.05) is 25.7 Å². The summed E-state index contributed by atoms with van der Waals surface area (Å²) in [6.45, 7) is 8.97. The fourth-order valence-corrected chi connectivity index (χ4v) is 2.82. The Bertz CT molecular complexity index is 681. The normalized spacial score (nSPS) is 16.2. The molecule has 1 aliphatic rings. The maximum Gasteiger partial charge on any atom is 0.331 e. The van der Waals surface area contributed by atoms with Gasteiger partial charge in [0.05, 0.1) is 24.9 Å². The number of ether oxygens (including phenoxy) is 3. The van der Waals surface area contributed by atoms with Gasteiger partial charge in [-0.2, -0.15) is 4.37 Å². The molecule has 2 N–H and O–H groups in total. The summed E-state index contributed by atoms with van der Waals surface area (Å²) in [4.78, 5) is 24.4. The minimum Gasteiger partial charge on any atom is -0.478 e. The summed E-state index contributed by atoms with van der Waals surface area (Å²) in [6.07, 6.45) is 0.971. The van der Waals surface area contributed by atoms with Gasteiger partial charge in [-0.1, -0.05) is 0 Å². The van der Waals surface area contributed by atoms with Crippen LogP contribution >= 0.6 is 11.7 Å². The molecule has 1 aromatic rings. The molecule has 0 radical (unpaired) electrons. The average molecular weight is 414 g/mol. The van der Waals surface area contributed by atoms with Crippen LogP contribution in [0.15, 0.2) is 12.2 Å². The number of aromatic nitrogens is 2. The Morgan fingerprint density at radius 2 is 2.04 bits per heavy atom. The minimum atomic E-state index is -1.22. The highest BCUT2D eigenvalue weighted by Gasteiger charge is 2.23. The van der Waals surface area contributed by atoms with Crippen molar-refractivity contribution >= 4 is 29.5 Å². The first kappa shape index (κ1) is 22.1. The number of carboxylic acids is 1. The smallest absolute Gasteiger partial charge is 0.331 e. The van der Waals surface area contributed by atoms with Crippen LogP contribution in [0.2, 0.25) is 0 Å². The first-order valence-electron chi connectivity index (χ1n) is 8.89. The average Bonchev–Trinajstić information content (AvgIpc) is 3.11. The lowest BCUT2D eigenvalue weighted by Gasteiger charge is -2.27. The van der Waals surface area contributed by atoms with E-state index in [0.29, 0.717) is 44.5 Å². The zero-order valence-electron chi connectivity index (χ0n) is 16.2. The topological polar surface area (TPSA) is 123 Å². The third-order valence-electron chi connectivity index (χ3n) is 3.66. The number of carboxylic acid groups (broad SMARTS) is 1. The number of carbonyl (C=O) groups is 2. The number of carbonyl (C=O) groups excluding carboxylic acids is 1. The summed E-state index contributed by atoms with van der Waals surface area (Å²) in [7, 11) is 0. The molecule has 0 spiro atoms. The summed E-state index contributed by atoms with van der Waals surface area (Å²) in [6, 6.07) is 0. The SMILES string of the molecule is CC(C)(C)NC[C@H](COc1nsnc1N1CCOCC1)OC(=O)/C=C\C(=O)O. The van der Waals surface area contributed by atoms with Crippen molar-refractivity contribution in [3.63, 3.8) is 0 Å². The molecule has 11 heteroatoms. The standard InChI is InChI=1S/C17H26N4O6S/c1-17(2,3)18-10-12(27-14(24)5-4-13(22)23)11-26-16-15(19-28-20-16)21-6-8-25-9-7-21/h4-5,12,18H,6-11H2,1-3H3,(H,22,23)/b5-4-/t12-/m1/s1. The maximum atomic E-state index is 11.9. The molecule has 2 rings (SSSR count). The molecular formula is C17H26N4O6S. The van der Waals surface area contributed by atoms with Crippen LogP contribution in [0.3, 0.4) is 0 Å². The van der Waals surface area contributed by atoms with E-state index in [4.69, 9.17) is 19.3 Å². The van der Waals surface area contributed by atoms with Crippen LogP contribution in [0, 0.1) is 0 Å². The maximum absolute atomic E-state index is 11.9. The van der Waals surface area contributed by atoms with Gasteiger partial charge < -0.3 is 29.5 Å². The van der Waals surface area contributed by atoms with Gasteiger partial charge in [0.15, 0.2) is 0 Å². The molecule has 0 unspecified atom stereocenters. The molecule has 0 aliphatic carbocycles. The van der Waals surface area contributed by atoms with Crippen molar-refractivity contribution in [3.8, 4) is 5.88 Å². The molecule has 0 saturated carbocycles. The molecule has 1 aliphatic heterocycles. The van der Waals surface area contributed by atoms with E-state index >= 15 is 0 Å². The molecule has 1 fully saturated rings. The Morgan fingerprint density at radius 1 is 1.32 bits per heavy atom. The quantitative estimate of drug-likeness (QED) is 0.441. The second-order valence-electron chi connectivity index (χ2n) is 7.16. The Balaban J connectivity index is 1.98. The lowest BCUT2D eigenvalue weighted by molar-refractivity contribution is -0.145. The first-order chi connectivity index (χ1) is 13.2. The fourth-order valence-electron chi connectivity index (χ4n) is 2.30. The molecule has 0 amide bonds. The van der Waals surface area contributed by atoms with Gasteiger partial charge in [-0.05, 0) is 20.8 Å². The van der Waals surface area contributed by atoms with Crippen molar-refractivity contribution in [1.82, 2.24) is 14.1 Å². The number of esters is 1. The van der Waals surface area contributed by atoms with Gasteiger partial charge in [0.25, 0.3) is 5.88 Å². The number of nitrogens with one attached hydrogen (secondary N) is 1. The predicted molar refractivity (Wildman–Crippen MR) is 103 cm³/mol. The third-order valence-corrected chi connectivity index (χ3v) is 4.17. The van der Waals surface area contributed by atoms with E-state index in [9.17, 15) is 9.59 Å². The van der Waals surface area contributed by atoms with Crippen molar-refractivity contribution in [2.24, 2.45) is 0 Å². The lowest BCUT2D eigenvalue weighted by atomic mass is 10.1. The van der Waals surface area contributed by atoms with Gasteiger partial charge in [0.2, 0.25) is 5.82 Å². The van der Waals surface area contributed by atoms with Gasteiger partial charge in [0.1, 0.15) is 12.7 Å². The lowest BCUT2D eigenvalue weighted by Crippen LogP contribution is -2.44. The molecule has 0 bridgehead atoms. The van der Waals surface area contributed by atoms with Crippen LogP contribution in [0.25, 0.3) is 0 Å². The van der Waals surface area contributed by atoms with Crippen molar-refractivity contribution in [1.29, 1.82) is 0 Å². The predicted octanol–water partition coefficient (Wildman–Crippen LogP) is 0.694. The van der Waals surface area contributed by atoms with Gasteiger partial charge in [-0.25, -0.2) is 9.59 Å². The molecule has 156 valence electrons. The molecule has 28 heavy (non-hydrogen) atoms. The van der Waals surface area contributed by atoms with Crippen LogP contribution in [-0.2, 0) is 19.1 Å². The van der Waals surface area contributed by atoms with E-state index in [1.54, 1.807) is 0 Å². The molecule has 1 saturated heterocycles. The molecule has 1 aromatic heterocycles. The van der Waals surface area contributed by atoms with Gasteiger partial charge in [-0.3, -0.25) is 0 Å². The molecular weight excluding hydrogens is 388 g/mol. The van der Waals surface area contributed by atoms with Crippen molar-refractivity contribution in [3.05, 3.63) is 12.2 Å². The molecule has 10 nitrogen and oxygen atoms in total. The fraction of sp³-hybridized carbons (Fsp3) is 0.647. The third kappa shape index (κ3) is 7.79. The van der Waals surface area contributed by atoms with Crippen LogP contribution in [0.4, 0.5) is 5.82 Å². The minimum absolute atomic E-state index is 0.0541. The van der Waals surface area contributed by atoms with Crippen molar-refractivity contribution in [2.75, 3.05) is 44.4 Å². The molecule has 2 heterocycles. The van der Waals surface area contributed by atoms with E-state index in [0.717, 1.165) is 23.9 Å². The second-order valence-corrected chi connectivity index (χ2v) is 7.69. The number of anilines is 1. The van der Waals surface area contributed by atoms with Crippen LogP contribution in [-0.4, -0.2) is 76.9 Å². The number of nitrogens with zero attached hydrogens (tertiary/aromatic N) is 3. The Kier molecular flexibility index (Phi) is 8.15. The zero-order chi connectivity index (χ0) is 20.6. The summed E-state index contributed by atoms with van der Waals surface area (Å²) in [5.41, 5.74) is -0.192. The second kappa shape index (κ2) is 10.3. The van der Waals surface area contributed by atoms with E-state index in [-0.39, 0.29) is 12.1 Å². The number of morpholine rings is 1. The monoisotopic (exact) mass is 414 g/mol. The highest BCUT2D eigenvalue weighted by atomic mass is 32.1. The summed E-state index contributed by atoms with van der Waals surface area (Å²) in [5.74, 6) is -0.949. The first-order valence-corrected chi connectivity index (χ1v) is 9.62. The van der Waals surface area contributed by atoms with Crippen molar-refractivity contribution < 1.29 is 28.9 Å². The van der Waals surface area contributed by atoms with Crippen LogP contribution in [0.1, 0.15) is 20.8 Å². The van der Waals surface area contributed by atoms with Gasteiger partial charge in [0, 0.05) is 37.3 Å². The van der Waals surface area contributed by atoms with Crippen LogP contribution < -0.4 is 15.0 Å². The van der Waals surface area contributed by atoms with E-state index < -0.39 is 18.0 Å². The number of hydrogen-bond donors (Lipinski definition) is 2. The van der Waals surface area contributed by atoms with Crippen LogP contribution in [0.5, 0.6) is 5.88 Å². The largest absolute Gasteiger partial charge is 0.478 e. The summed E-state index contributed by atoms with van der Waals surface area (Å²) in [5, 5.41) is 11.9. The number of rotatable bonds is 9. The number of aliphatic carboxylic acids is 1.